The van der Waals surface area contributed by atoms with Crippen molar-refractivity contribution in [3.63, 3.8) is 0 Å². The lowest BCUT2D eigenvalue weighted by Crippen LogP contribution is -2.43. The number of anilines is 4. The second kappa shape index (κ2) is 21.8. The summed E-state index contributed by atoms with van der Waals surface area (Å²) in [6, 6.07) is 8.36. The third kappa shape index (κ3) is 14.8. The zero-order valence-electron chi connectivity index (χ0n) is 33.2. The number of aromatic nitrogens is 6. The summed E-state index contributed by atoms with van der Waals surface area (Å²) in [5.41, 5.74) is 1.84. The van der Waals surface area contributed by atoms with Gasteiger partial charge in [-0.3, -0.25) is 9.52 Å². The predicted octanol–water partition coefficient (Wildman–Crippen LogP) is 7.75. The number of nitrogens with one attached hydrogen (secondary N) is 3. The van der Waals surface area contributed by atoms with Crippen LogP contribution in [0.2, 0.25) is 15.3 Å². The first kappa shape index (κ1) is 49.3. The van der Waals surface area contributed by atoms with Crippen molar-refractivity contribution < 1.29 is 26.7 Å². The highest BCUT2D eigenvalue weighted by Crippen LogP contribution is 2.32. The summed E-state index contributed by atoms with van der Waals surface area (Å²) in [7, 11) is -2.01. The van der Waals surface area contributed by atoms with Crippen LogP contribution in [-0.2, 0) is 26.0 Å². The Morgan fingerprint density at radius 1 is 1.04 bits per heavy atom. The molecule has 4 aromatic rings. The van der Waals surface area contributed by atoms with Crippen LogP contribution in [0.1, 0.15) is 65.0 Å². The fraction of sp³-hybridized carbons (Fsp3) is 0.486. The predicted molar refractivity (Wildman–Crippen MR) is 225 cm³/mol. The molecule has 57 heavy (non-hydrogen) atoms. The van der Waals surface area contributed by atoms with Crippen molar-refractivity contribution in [1.29, 1.82) is 0 Å². The molecule has 1 atom stereocenters. The first-order chi connectivity index (χ1) is 26.5. The van der Waals surface area contributed by atoms with E-state index in [1.165, 1.54) is 13.0 Å². The average molecular weight is 901 g/mol. The molecule has 0 spiro atoms. The number of amides is 1. The number of carbonyl (C=O) groups is 1. The van der Waals surface area contributed by atoms with Gasteiger partial charge >= 0.3 is 12.2 Å². The number of para-hydroxylation sites is 1. The Morgan fingerprint density at radius 3 is 2.18 bits per heavy atom. The molecular formula is C35H48Cl4F2N10O5S. The summed E-state index contributed by atoms with van der Waals surface area (Å²) in [4.78, 5) is 38.1. The van der Waals surface area contributed by atoms with E-state index in [9.17, 15) is 26.8 Å². The van der Waals surface area contributed by atoms with Gasteiger partial charge in [0.15, 0.2) is 0 Å². The minimum atomic E-state index is -3.65. The van der Waals surface area contributed by atoms with E-state index in [4.69, 9.17) is 51.1 Å². The van der Waals surface area contributed by atoms with E-state index >= 15 is 0 Å². The summed E-state index contributed by atoms with van der Waals surface area (Å²) in [6.45, 7) is 13.5. The maximum absolute atomic E-state index is 12.8. The zero-order valence-corrected chi connectivity index (χ0v) is 37.1. The lowest BCUT2D eigenvalue weighted by atomic mass is 10.0. The standard InChI is InChI=1S/C15H22ClNO2.C11H10Cl2F2N4O3S.C9H16ClN5/c1-5-13-8-6-7-11(2)15(13)17(14(18)9-16)12(3)10-19-4;1-5-16-19(11(20)18(5)10(14)15)9-4-8(17-23(2,21)22)6(12)3-7(9)13;1-5-11-7-12-6(10)13-8(14-7)15-9(2,3)4/h6-8,12H,5,9-10H2,1-4H3;3-4,10,17H,1-2H3;5H2,1-4H3,(H2,11,12,13,14,15). The number of hydrogen-bond donors (Lipinski definition) is 3. The van der Waals surface area contributed by atoms with Gasteiger partial charge < -0.3 is 20.3 Å². The maximum Gasteiger partial charge on any atom is 0.355 e. The molecular weight excluding hydrogens is 852 g/mol. The number of halogens is 6. The number of benzene rings is 2. The molecule has 0 saturated carbocycles. The Bertz CT molecular complexity index is 2150. The third-order valence-electron chi connectivity index (χ3n) is 7.34. The highest BCUT2D eigenvalue weighted by Gasteiger charge is 2.25. The summed E-state index contributed by atoms with van der Waals surface area (Å²) < 4.78 is 56.4. The molecule has 1 unspecified atom stereocenters. The molecule has 2 aromatic carbocycles. The van der Waals surface area contributed by atoms with E-state index in [1.54, 1.807) is 12.0 Å². The number of methoxy groups -OCH3 is 1. The van der Waals surface area contributed by atoms with Crippen molar-refractivity contribution in [3.05, 3.63) is 73.1 Å². The molecule has 0 saturated heterocycles. The lowest BCUT2D eigenvalue weighted by molar-refractivity contribution is -0.116. The summed E-state index contributed by atoms with van der Waals surface area (Å²) in [6.07, 6.45) is 1.78. The van der Waals surface area contributed by atoms with E-state index in [-0.39, 0.29) is 60.5 Å². The number of ether oxygens (including phenoxy) is 1. The van der Waals surface area contributed by atoms with Crippen LogP contribution in [0.4, 0.5) is 32.1 Å². The molecule has 0 fully saturated rings. The van der Waals surface area contributed by atoms with E-state index < -0.39 is 22.3 Å². The number of hydrogen-bond acceptors (Lipinski definition) is 11. The number of aryl methyl sites for hydroxylation is 3. The van der Waals surface area contributed by atoms with Crippen LogP contribution in [0.3, 0.4) is 0 Å². The molecule has 4 rings (SSSR count). The topological polar surface area (TPSA) is 178 Å². The Morgan fingerprint density at radius 2 is 1.67 bits per heavy atom. The highest BCUT2D eigenvalue weighted by molar-refractivity contribution is 7.92. The first-order valence-corrected chi connectivity index (χ1v) is 20.9. The molecule has 3 N–H and O–H groups in total. The Kier molecular flexibility index (Phi) is 18.9. The second-order valence-electron chi connectivity index (χ2n) is 13.3. The Labute approximate surface area is 351 Å². The van der Waals surface area contributed by atoms with Crippen molar-refractivity contribution in [3.8, 4) is 5.69 Å². The smallest absolute Gasteiger partial charge is 0.355 e. The van der Waals surface area contributed by atoms with Crippen molar-refractivity contribution in [2.45, 2.75) is 79.9 Å². The van der Waals surface area contributed by atoms with Crippen molar-refractivity contribution in [2.24, 2.45) is 0 Å². The fourth-order valence-electron chi connectivity index (χ4n) is 5.13. The van der Waals surface area contributed by atoms with Gasteiger partial charge in [-0.2, -0.15) is 28.4 Å². The van der Waals surface area contributed by atoms with Crippen LogP contribution in [0, 0.1) is 13.8 Å². The number of carbonyl (C=O) groups excluding carboxylic acids is 1. The fourth-order valence-corrected chi connectivity index (χ4v) is 6.56. The lowest BCUT2D eigenvalue weighted by Gasteiger charge is -2.31. The molecule has 0 aliphatic heterocycles. The van der Waals surface area contributed by atoms with Crippen LogP contribution < -0.4 is 25.9 Å². The minimum Gasteiger partial charge on any atom is -0.383 e. The molecule has 1 amide bonds. The molecule has 0 radical (unpaired) electrons. The van der Waals surface area contributed by atoms with E-state index in [0.717, 1.165) is 42.1 Å². The first-order valence-electron chi connectivity index (χ1n) is 17.3. The molecule has 2 aromatic heterocycles. The van der Waals surface area contributed by atoms with Gasteiger partial charge in [-0.1, -0.05) is 48.3 Å². The van der Waals surface area contributed by atoms with Crippen LogP contribution in [0.25, 0.3) is 5.69 Å². The SMILES string of the molecule is CCNc1nc(Cl)nc(NC(C)(C)C)n1.CCc1cccc(C)c1N(C(=O)CCl)C(C)COC.Cc1nn(-c2cc(NS(C)(=O)=O)c(Cl)cc2Cl)c(=O)n1C(F)F. The van der Waals surface area contributed by atoms with Crippen LogP contribution >= 0.6 is 46.4 Å². The van der Waals surface area contributed by atoms with Crippen LogP contribution in [0.5, 0.6) is 0 Å². The number of alkyl halides is 3. The largest absolute Gasteiger partial charge is 0.383 e. The second-order valence-corrected chi connectivity index (χ2v) is 16.5. The number of sulfonamides is 1. The van der Waals surface area contributed by atoms with Gasteiger partial charge in [-0.25, -0.2) is 17.8 Å². The van der Waals surface area contributed by atoms with Gasteiger partial charge in [0.1, 0.15) is 11.7 Å². The Balaban J connectivity index is 0.000000302. The normalized spacial score (nSPS) is 11.9. The monoisotopic (exact) mass is 898 g/mol. The Hall–Kier alpha value is -3.81. The number of rotatable bonds is 13. The van der Waals surface area contributed by atoms with E-state index in [0.29, 0.717) is 23.2 Å². The van der Waals surface area contributed by atoms with Crippen molar-refractivity contribution in [2.75, 3.05) is 52.7 Å². The van der Waals surface area contributed by atoms with E-state index in [1.807, 2.05) is 53.7 Å². The highest BCUT2D eigenvalue weighted by atomic mass is 35.5. The van der Waals surface area contributed by atoms with Crippen LogP contribution in [0.15, 0.2) is 35.1 Å². The molecule has 2 heterocycles. The van der Waals surface area contributed by atoms with Gasteiger partial charge in [-0.15, -0.1) is 16.7 Å². The van der Waals surface area contributed by atoms with Gasteiger partial charge in [0, 0.05) is 19.2 Å². The van der Waals surface area contributed by atoms with Gasteiger partial charge in [0.05, 0.1) is 46.0 Å². The average Bonchev–Trinajstić information content (AvgIpc) is 3.39. The summed E-state index contributed by atoms with van der Waals surface area (Å²) in [5, 5.41) is 9.94. The minimum absolute atomic E-state index is 0.0223. The van der Waals surface area contributed by atoms with Gasteiger partial charge in [-0.05, 0) is 89.7 Å². The quantitative estimate of drug-likeness (QED) is 0.112. The maximum atomic E-state index is 12.8. The zero-order chi connectivity index (χ0) is 43.4. The molecule has 0 aliphatic rings. The van der Waals surface area contributed by atoms with Gasteiger partial charge in [0.2, 0.25) is 33.1 Å². The molecule has 316 valence electrons. The molecule has 22 heteroatoms. The molecule has 0 bridgehead atoms. The number of nitrogens with zero attached hydrogens (tertiary/aromatic N) is 7. The molecule has 0 aliphatic carbocycles. The van der Waals surface area contributed by atoms with Crippen molar-refractivity contribution in [1.82, 2.24) is 29.3 Å². The van der Waals surface area contributed by atoms with Crippen LogP contribution in [-0.4, -0.2) is 87.6 Å². The van der Waals surface area contributed by atoms with Gasteiger partial charge in [0.25, 0.3) is 0 Å². The summed E-state index contributed by atoms with van der Waals surface area (Å²) in [5.74, 6) is 0.637. The van der Waals surface area contributed by atoms with E-state index in [2.05, 4.69) is 48.4 Å². The third-order valence-corrected chi connectivity index (χ3v) is 8.94. The molecule has 15 nitrogen and oxygen atoms in total. The van der Waals surface area contributed by atoms with Crippen molar-refractivity contribution >= 4 is 85.6 Å². The summed E-state index contributed by atoms with van der Waals surface area (Å²) >= 11 is 23.4.